The summed E-state index contributed by atoms with van der Waals surface area (Å²) in [4.78, 5) is 1.42. The van der Waals surface area contributed by atoms with Crippen molar-refractivity contribution in [1.29, 1.82) is 0 Å². The molecule has 0 spiro atoms. The highest BCUT2D eigenvalue weighted by molar-refractivity contribution is 7.99. The van der Waals surface area contributed by atoms with Crippen molar-refractivity contribution in [3.8, 4) is 0 Å². The number of hydrogen-bond donors (Lipinski definition) is 1. The molecule has 0 unspecified atom stereocenters. The molecule has 0 bridgehead atoms. The first-order valence-corrected chi connectivity index (χ1v) is 7.80. The lowest BCUT2D eigenvalue weighted by atomic mass is 10.2. The highest BCUT2D eigenvalue weighted by Crippen LogP contribution is 2.34. The summed E-state index contributed by atoms with van der Waals surface area (Å²) < 4.78 is 19.1. The Morgan fingerprint density at radius 1 is 1.19 bits per heavy atom. The predicted molar refractivity (Wildman–Crippen MR) is 85.6 cm³/mol. The Bertz CT molecular complexity index is 594. The van der Waals surface area contributed by atoms with Crippen LogP contribution in [-0.2, 0) is 11.3 Å². The number of methoxy groups -OCH3 is 1. The molecule has 2 aromatic rings. The van der Waals surface area contributed by atoms with Crippen LogP contribution in [0.25, 0.3) is 0 Å². The molecule has 112 valence electrons. The van der Waals surface area contributed by atoms with E-state index in [0.717, 1.165) is 17.0 Å². The molecule has 0 saturated heterocycles. The summed E-state index contributed by atoms with van der Waals surface area (Å²) in [5.74, 6) is -0.231. The molecular weight excluding hydrogens is 309 g/mol. The van der Waals surface area contributed by atoms with Crippen molar-refractivity contribution in [2.24, 2.45) is 0 Å². The number of benzene rings is 2. The van der Waals surface area contributed by atoms with Gasteiger partial charge in [-0.3, -0.25) is 0 Å². The molecule has 2 rings (SSSR count). The van der Waals surface area contributed by atoms with E-state index < -0.39 is 0 Å². The minimum Gasteiger partial charge on any atom is -0.383 e. The van der Waals surface area contributed by atoms with Gasteiger partial charge in [0.05, 0.1) is 11.6 Å². The van der Waals surface area contributed by atoms with Crippen LogP contribution >= 0.6 is 23.4 Å². The summed E-state index contributed by atoms with van der Waals surface area (Å²) in [7, 11) is 1.65. The Labute approximate surface area is 133 Å². The van der Waals surface area contributed by atoms with Crippen LogP contribution < -0.4 is 5.32 Å². The highest BCUT2D eigenvalue weighted by Gasteiger charge is 2.07. The van der Waals surface area contributed by atoms with Gasteiger partial charge in [-0.15, -0.1) is 0 Å². The van der Waals surface area contributed by atoms with Crippen LogP contribution in [0.15, 0.2) is 52.3 Å². The first kappa shape index (κ1) is 16.3. The Morgan fingerprint density at radius 3 is 2.71 bits per heavy atom. The van der Waals surface area contributed by atoms with E-state index in [0.29, 0.717) is 23.1 Å². The summed E-state index contributed by atoms with van der Waals surface area (Å²) in [5.41, 5.74) is 0.909. The van der Waals surface area contributed by atoms with Gasteiger partial charge in [0.2, 0.25) is 0 Å². The molecule has 0 aliphatic heterocycles. The molecule has 0 aromatic heterocycles. The van der Waals surface area contributed by atoms with Gasteiger partial charge in [0.1, 0.15) is 5.82 Å². The van der Waals surface area contributed by atoms with Gasteiger partial charge in [-0.1, -0.05) is 41.6 Å². The van der Waals surface area contributed by atoms with Gasteiger partial charge in [0.25, 0.3) is 0 Å². The quantitative estimate of drug-likeness (QED) is 0.764. The van der Waals surface area contributed by atoms with E-state index in [1.165, 1.54) is 11.8 Å². The molecule has 1 N–H and O–H groups in total. The second kappa shape index (κ2) is 8.39. The summed E-state index contributed by atoms with van der Waals surface area (Å²) in [6, 6.07) is 12.7. The SMILES string of the molecule is COCCNCc1ccc(Sc2ccccc2Cl)c(F)c1. The van der Waals surface area contributed by atoms with Crippen LogP contribution in [0, 0.1) is 5.82 Å². The van der Waals surface area contributed by atoms with Crippen LogP contribution in [0.2, 0.25) is 5.02 Å². The average Bonchev–Trinajstić information content (AvgIpc) is 2.48. The zero-order valence-corrected chi connectivity index (χ0v) is 13.3. The number of halogens is 2. The molecule has 2 aromatic carbocycles. The Hall–Kier alpha value is -1.07. The van der Waals surface area contributed by atoms with Gasteiger partial charge in [-0.2, -0.15) is 0 Å². The maximum absolute atomic E-state index is 14.1. The van der Waals surface area contributed by atoms with Crippen molar-refractivity contribution in [3.63, 3.8) is 0 Å². The summed E-state index contributed by atoms with van der Waals surface area (Å²) in [6.45, 7) is 2.01. The topological polar surface area (TPSA) is 21.3 Å². The molecule has 0 radical (unpaired) electrons. The van der Waals surface area contributed by atoms with Gasteiger partial charge in [0.15, 0.2) is 0 Å². The minimum atomic E-state index is -0.231. The van der Waals surface area contributed by atoms with Crippen LogP contribution in [-0.4, -0.2) is 20.3 Å². The van der Waals surface area contributed by atoms with E-state index in [4.69, 9.17) is 16.3 Å². The fraction of sp³-hybridized carbons (Fsp3) is 0.250. The molecule has 5 heteroatoms. The molecule has 0 saturated carbocycles. The fourth-order valence-electron chi connectivity index (χ4n) is 1.79. The zero-order valence-electron chi connectivity index (χ0n) is 11.7. The Kier molecular flexibility index (Phi) is 6.51. The van der Waals surface area contributed by atoms with Crippen LogP contribution in [0.1, 0.15) is 5.56 Å². The van der Waals surface area contributed by atoms with E-state index in [2.05, 4.69) is 5.32 Å². The molecule has 21 heavy (non-hydrogen) atoms. The number of hydrogen-bond acceptors (Lipinski definition) is 3. The minimum absolute atomic E-state index is 0.231. The normalized spacial score (nSPS) is 10.8. The van der Waals surface area contributed by atoms with Gasteiger partial charge in [-0.05, 0) is 29.8 Å². The summed E-state index contributed by atoms with van der Waals surface area (Å²) in [5, 5.41) is 3.82. The van der Waals surface area contributed by atoms with Crippen molar-refractivity contribution in [2.75, 3.05) is 20.3 Å². The van der Waals surface area contributed by atoms with Crippen molar-refractivity contribution in [3.05, 3.63) is 58.9 Å². The van der Waals surface area contributed by atoms with Gasteiger partial charge in [-0.25, -0.2) is 4.39 Å². The van der Waals surface area contributed by atoms with E-state index in [1.54, 1.807) is 25.3 Å². The van der Waals surface area contributed by atoms with Crippen LogP contribution in [0.4, 0.5) is 4.39 Å². The van der Waals surface area contributed by atoms with Crippen LogP contribution in [0.3, 0.4) is 0 Å². The second-order valence-corrected chi connectivity index (χ2v) is 5.96. The lowest BCUT2D eigenvalue weighted by Gasteiger charge is -2.08. The van der Waals surface area contributed by atoms with Gasteiger partial charge < -0.3 is 10.1 Å². The van der Waals surface area contributed by atoms with Crippen molar-refractivity contribution in [1.82, 2.24) is 5.32 Å². The monoisotopic (exact) mass is 325 g/mol. The molecule has 0 heterocycles. The number of rotatable bonds is 7. The summed E-state index contributed by atoms with van der Waals surface area (Å²) >= 11 is 7.43. The van der Waals surface area contributed by atoms with E-state index in [9.17, 15) is 4.39 Å². The Balaban J connectivity index is 2.01. The first-order valence-electron chi connectivity index (χ1n) is 6.61. The third-order valence-electron chi connectivity index (χ3n) is 2.86. The van der Waals surface area contributed by atoms with Crippen molar-refractivity contribution in [2.45, 2.75) is 16.3 Å². The van der Waals surface area contributed by atoms with Crippen molar-refractivity contribution >= 4 is 23.4 Å². The maximum atomic E-state index is 14.1. The number of ether oxygens (including phenoxy) is 1. The van der Waals surface area contributed by atoms with E-state index in [-0.39, 0.29) is 5.82 Å². The molecular formula is C16H17ClFNOS. The highest BCUT2D eigenvalue weighted by atomic mass is 35.5. The Morgan fingerprint density at radius 2 is 2.00 bits per heavy atom. The van der Waals surface area contributed by atoms with E-state index >= 15 is 0 Å². The molecule has 0 aliphatic rings. The number of nitrogens with one attached hydrogen (secondary N) is 1. The van der Waals surface area contributed by atoms with Crippen LogP contribution in [0.5, 0.6) is 0 Å². The lowest BCUT2D eigenvalue weighted by molar-refractivity contribution is 0.199. The molecule has 0 aliphatic carbocycles. The van der Waals surface area contributed by atoms with Crippen molar-refractivity contribution < 1.29 is 9.13 Å². The third kappa shape index (κ3) is 5.00. The molecule has 0 fully saturated rings. The maximum Gasteiger partial charge on any atom is 0.137 e. The average molecular weight is 326 g/mol. The molecule has 0 amide bonds. The second-order valence-electron chi connectivity index (χ2n) is 4.47. The molecule has 0 atom stereocenters. The largest absolute Gasteiger partial charge is 0.383 e. The van der Waals surface area contributed by atoms with Gasteiger partial charge in [0, 0.05) is 30.0 Å². The first-order chi connectivity index (χ1) is 10.2. The fourth-order valence-corrected chi connectivity index (χ4v) is 2.88. The van der Waals surface area contributed by atoms with Gasteiger partial charge >= 0.3 is 0 Å². The standard InChI is InChI=1S/C16H17ClFNOS/c1-20-9-8-19-11-12-6-7-16(14(18)10-12)21-15-5-3-2-4-13(15)17/h2-7,10,19H,8-9,11H2,1H3. The lowest BCUT2D eigenvalue weighted by Crippen LogP contribution is -2.18. The third-order valence-corrected chi connectivity index (χ3v) is 4.43. The zero-order chi connectivity index (χ0) is 15.1. The summed E-state index contributed by atoms with van der Waals surface area (Å²) in [6.07, 6.45) is 0. The van der Waals surface area contributed by atoms with E-state index in [1.807, 2.05) is 24.3 Å². The molecule has 2 nitrogen and oxygen atoms in total. The predicted octanol–water partition coefficient (Wildman–Crippen LogP) is 4.37. The smallest absolute Gasteiger partial charge is 0.137 e.